The fourth-order valence-electron chi connectivity index (χ4n) is 3.05. The minimum atomic E-state index is -3.82. The molecule has 0 aliphatic heterocycles. The van der Waals surface area contributed by atoms with Crippen LogP contribution in [-0.4, -0.2) is 34.1 Å². The number of benzene rings is 2. The second-order valence-electron chi connectivity index (χ2n) is 7.09. The highest BCUT2D eigenvalue weighted by Gasteiger charge is 2.17. The van der Waals surface area contributed by atoms with Gasteiger partial charge in [0, 0.05) is 36.8 Å². The van der Waals surface area contributed by atoms with Crippen LogP contribution >= 0.6 is 0 Å². The molecule has 2 heterocycles. The maximum Gasteiger partial charge on any atom is 0.262 e. The number of ether oxygens (including phenoxy) is 1. The molecule has 0 bridgehead atoms. The van der Waals surface area contributed by atoms with Gasteiger partial charge in [-0.25, -0.2) is 13.4 Å². The molecule has 0 saturated carbocycles. The molecule has 0 radical (unpaired) electrons. The van der Waals surface area contributed by atoms with E-state index in [1.807, 2.05) is 0 Å². The van der Waals surface area contributed by atoms with Gasteiger partial charge in [0.25, 0.3) is 10.0 Å². The molecule has 2 aromatic heterocycles. The molecule has 0 aliphatic rings. The third kappa shape index (κ3) is 5.33. The number of carbonyl (C=O) groups excluding carboxylic acids is 1. The predicted octanol–water partition coefficient (Wildman–Crippen LogP) is 3.52. The van der Waals surface area contributed by atoms with Gasteiger partial charge in [-0.05, 0) is 61.0 Å². The Morgan fingerprint density at radius 2 is 1.76 bits per heavy atom. The Labute approximate surface area is 190 Å². The van der Waals surface area contributed by atoms with Gasteiger partial charge in [-0.2, -0.15) is 0 Å². The molecule has 168 valence electrons. The van der Waals surface area contributed by atoms with E-state index in [0.717, 1.165) is 0 Å². The molecule has 11 heteroatoms. The van der Waals surface area contributed by atoms with E-state index in [1.54, 1.807) is 78.7 Å². The van der Waals surface area contributed by atoms with Crippen molar-refractivity contribution in [3.8, 4) is 17.4 Å². The van der Waals surface area contributed by atoms with Crippen molar-refractivity contribution in [1.82, 2.24) is 19.7 Å². The Morgan fingerprint density at radius 3 is 2.36 bits per heavy atom. The van der Waals surface area contributed by atoms with Crippen molar-refractivity contribution in [2.45, 2.75) is 18.7 Å². The van der Waals surface area contributed by atoms with Crippen LogP contribution in [0.1, 0.15) is 12.5 Å². The van der Waals surface area contributed by atoms with E-state index < -0.39 is 10.0 Å². The quantitative estimate of drug-likeness (QED) is 0.428. The summed E-state index contributed by atoms with van der Waals surface area (Å²) in [6.45, 7) is 3.05. The number of hydrogen-bond acceptors (Lipinski definition) is 7. The summed E-state index contributed by atoms with van der Waals surface area (Å²) in [4.78, 5) is 15.3. The van der Waals surface area contributed by atoms with Crippen molar-refractivity contribution < 1.29 is 17.9 Å². The fraction of sp³-hybridized carbons (Fsp3) is 0.0909. The van der Waals surface area contributed by atoms with Crippen LogP contribution in [0, 0.1) is 6.92 Å². The monoisotopic (exact) mass is 464 g/mol. The Kier molecular flexibility index (Phi) is 6.05. The van der Waals surface area contributed by atoms with Crippen LogP contribution in [0.5, 0.6) is 11.6 Å². The summed E-state index contributed by atoms with van der Waals surface area (Å²) in [6, 6.07) is 14.4. The minimum Gasteiger partial charge on any atom is -0.438 e. The molecular weight excluding hydrogens is 444 g/mol. The van der Waals surface area contributed by atoms with Gasteiger partial charge in [0.2, 0.25) is 11.8 Å². The summed E-state index contributed by atoms with van der Waals surface area (Å²) in [6.07, 6.45) is 5.01. The first-order valence-electron chi connectivity index (χ1n) is 9.81. The SMILES string of the molecule is CC(=O)Nc1ccc(S(=O)(=O)Nc2ccc(Oc3ccc(-n4ccnc4)nn3)cc2)c(C)c1. The van der Waals surface area contributed by atoms with Gasteiger partial charge >= 0.3 is 0 Å². The number of aryl methyl sites for hydroxylation is 1. The molecule has 0 saturated heterocycles. The first-order valence-corrected chi connectivity index (χ1v) is 11.3. The summed E-state index contributed by atoms with van der Waals surface area (Å²) in [5.74, 6) is 1.14. The Bertz CT molecular complexity index is 1370. The van der Waals surface area contributed by atoms with Crippen LogP contribution in [-0.2, 0) is 14.8 Å². The number of sulfonamides is 1. The minimum absolute atomic E-state index is 0.116. The van der Waals surface area contributed by atoms with Gasteiger partial charge in [0.05, 0.1) is 4.90 Å². The molecule has 2 aromatic carbocycles. The summed E-state index contributed by atoms with van der Waals surface area (Å²) in [7, 11) is -3.82. The summed E-state index contributed by atoms with van der Waals surface area (Å²) >= 11 is 0. The normalized spacial score (nSPS) is 11.1. The van der Waals surface area contributed by atoms with Crippen LogP contribution in [0.15, 0.2) is 78.2 Å². The highest BCUT2D eigenvalue weighted by Crippen LogP contribution is 2.25. The van der Waals surface area contributed by atoms with Crippen LogP contribution in [0.4, 0.5) is 11.4 Å². The molecule has 0 fully saturated rings. The van der Waals surface area contributed by atoms with Crippen molar-refractivity contribution in [3.05, 3.63) is 78.9 Å². The average Bonchev–Trinajstić information content (AvgIpc) is 3.30. The molecule has 1 amide bonds. The van der Waals surface area contributed by atoms with Gasteiger partial charge in [-0.15, -0.1) is 10.2 Å². The fourth-order valence-corrected chi connectivity index (χ4v) is 4.34. The van der Waals surface area contributed by atoms with Gasteiger partial charge in [0.1, 0.15) is 12.1 Å². The molecule has 33 heavy (non-hydrogen) atoms. The molecule has 4 rings (SSSR count). The highest BCUT2D eigenvalue weighted by atomic mass is 32.2. The zero-order valence-electron chi connectivity index (χ0n) is 17.8. The molecule has 10 nitrogen and oxygen atoms in total. The number of nitrogens with zero attached hydrogens (tertiary/aromatic N) is 4. The molecule has 0 aliphatic carbocycles. The van der Waals surface area contributed by atoms with Crippen molar-refractivity contribution in [1.29, 1.82) is 0 Å². The van der Waals surface area contributed by atoms with E-state index in [4.69, 9.17) is 4.74 Å². The zero-order chi connectivity index (χ0) is 23.4. The van der Waals surface area contributed by atoms with Gasteiger partial charge in [-0.3, -0.25) is 14.1 Å². The highest BCUT2D eigenvalue weighted by molar-refractivity contribution is 7.92. The number of hydrogen-bond donors (Lipinski definition) is 2. The lowest BCUT2D eigenvalue weighted by atomic mass is 10.2. The van der Waals surface area contributed by atoms with E-state index in [2.05, 4.69) is 25.2 Å². The number of imidazole rings is 1. The third-order valence-corrected chi connectivity index (χ3v) is 6.05. The van der Waals surface area contributed by atoms with E-state index >= 15 is 0 Å². The van der Waals surface area contributed by atoms with Crippen molar-refractivity contribution in [2.24, 2.45) is 0 Å². The van der Waals surface area contributed by atoms with E-state index in [9.17, 15) is 13.2 Å². The van der Waals surface area contributed by atoms with Crippen molar-refractivity contribution in [2.75, 3.05) is 10.0 Å². The Morgan fingerprint density at radius 1 is 1.00 bits per heavy atom. The topological polar surface area (TPSA) is 128 Å². The maximum absolute atomic E-state index is 12.8. The second-order valence-corrected chi connectivity index (χ2v) is 8.74. The lowest BCUT2D eigenvalue weighted by molar-refractivity contribution is -0.114. The Hall–Kier alpha value is -4.25. The number of nitrogens with one attached hydrogen (secondary N) is 2. The lowest BCUT2D eigenvalue weighted by Crippen LogP contribution is -2.14. The zero-order valence-corrected chi connectivity index (χ0v) is 18.6. The van der Waals surface area contributed by atoms with Crippen LogP contribution in [0.3, 0.4) is 0 Å². The maximum atomic E-state index is 12.8. The van der Waals surface area contributed by atoms with Crippen molar-refractivity contribution >= 4 is 27.3 Å². The summed E-state index contributed by atoms with van der Waals surface area (Å²) in [5.41, 5.74) is 1.40. The average molecular weight is 465 g/mol. The standard InChI is InChI=1S/C22H20N6O4S/c1-15-13-18(24-16(2)29)5-8-20(15)33(30,31)27-17-3-6-19(7-4-17)32-22-10-9-21(25-26-22)28-12-11-23-14-28/h3-14,27H,1-2H3,(H,24,29). The summed E-state index contributed by atoms with van der Waals surface area (Å²) < 4.78 is 35.5. The van der Waals surface area contributed by atoms with E-state index in [-0.39, 0.29) is 10.8 Å². The summed E-state index contributed by atoms with van der Waals surface area (Å²) in [5, 5.41) is 10.7. The third-order valence-electron chi connectivity index (χ3n) is 4.51. The molecule has 0 unspecified atom stereocenters. The largest absolute Gasteiger partial charge is 0.438 e. The van der Waals surface area contributed by atoms with Crippen LogP contribution in [0.25, 0.3) is 5.82 Å². The molecule has 0 spiro atoms. The molecule has 2 N–H and O–H groups in total. The van der Waals surface area contributed by atoms with Gasteiger partial charge < -0.3 is 10.1 Å². The lowest BCUT2D eigenvalue weighted by Gasteiger charge is -2.12. The molecular formula is C22H20N6O4S. The number of aromatic nitrogens is 4. The number of carbonyl (C=O) groups is 1. The first-order chi connectivity index (χ1) is 15.8. The van der Waals surface area contributed by atoms with E-state index in [0.29, 0.717) is 34.4 Å². The number of amides is 1. The molecule has 4 aromatic rings. The van der Waals surface area contributed by atoms with Crippen molar-refractivity contribution in [3.63, 3.8) is 0 Å². The van der Waals surface area contributed by atoms with E-state index in [1.165, 1.54) is 13.0 Å². The van der Waals surface area contributed by atoms with Crippen LogP contribution in [0.2, 0.25) is 0 Å². The number of anilines is 2. The number of rotatable bonds is 7. The Balaban J connectivity index is 1.43. The van der Waals surface area contributed by atoms with Gasteiger partial charge in [0.15, 0.2) is 5.82 Å². The van der Waals surface area contributed by atoms with Crippen LogP contribution < -0.4 is 14.8 Å². The predicted molar refractivity (Wildman–Crippen MR) is 122 cm³/mol. The molecule has 0 atom stereocenters. The van der Waals surface area contributed by atoms with Gasteiger partial charge in [-0.1, -0.05) is 0 Å². The second kappa shape index (κ2) is 9.09. The smallest absolute Gasteiger partial charge is 0.262 e. The first kappa shape index (κ1) is 22.0.